The molecule has 2 aliphatic rings. The van der Waals surface area contributed by atoms with Crippen LogP contribution in [0.1, 0.15) is 27.7 Å². The minimum absolute atomic E-state index is 0.0504. The Kier molecular flexibility index (Phi) is 2.39. The van der Waals surface area contributed by atoms with E-state index in [4.69, 9.17) is 4.74 Å². The van der Waals surface area contributed by atoms with Crippen LogP contribution >= 0.6 is 11.8 Å². The Morgan fingerprint density at radius 2 is 2.13 bits per heavy atom. The molecule has 1 unspecified atom stereocenters. The fourth-order valence-corrected chi connectivity index (χ4v) is 4.21. The van der Waals surface area contributed by atoms with Gasteiger partial charge in [0.1, 0.15) is 6.23 Å². The van der Waals surface area contributed by atoms with E-state index in [0.717, 1.165) is 0 Å². The standard InChI is InChI=1S/C11H17NO2S/c1-10(2)9-12(11(3,4)15-10)8(13)6-5-7-14-9/h5-6,9H,7H2,1-4H3. The zero-order valence-electron chi connectivity index (χ0n) is 9.61. The molecule has 0 aromatic heterocycles. The molecule has 0 radical (unpaired) electrons. The summed E-state index contributed by atoms with van der Waals surface area (Å²) in [5, 5.41) is 0. The van der Waals surface area contributed by atoms with Crippen LogP contribution in [0.25, 0.3) is 0 Å². The van der Waals surface area contributed by atoms with Crippen LogP contribution in [0.5, 0.6) is 0 Å². The molecular formula is C11H17NO2S. The third-order valence-electron chi connectivity index (χ3n) is 2.77. The van der Waals surface area contributed by atoms with Gasteiger partial charge in [-0.25, -0.2) is 0 Å². The summed E-state index contributed by atoms with van der Waals surface area (Å²) in [6.45, 7) is 8.91. The van der Waals surface area contributed by atoms with Crippen LogP contribution in [0.4, 0.5) is 0 Å². The molecule has 0 spiro atoms. The van der Waals surface area contributed by atoms with Crippen LogP contribution in [-0.2, 0) is 9.53 Å². The maximum absolute atomic E-state index is 11.9. The summed E-state index contributed by atoms with van der Waals surface area (Å²) in [5.74, 6) is 0.0561. The average Bonchev–Trinajstić information content (AvgIpc) is 2.20. The molecule has 2 rings (SSSR count). The van der Waals surface area contributed by atoms with Crippen molar-refractivity contribution >= 4 is 17.7 Å². The highest BCUT2D eigenvalue weighted by atomic mass is 32.2. The van der Waals surface area contributed by atoms with Gasteiger partial charge in [-0.15, -0.1) is 11.8 Å². The number of fused-ring (bicyclic) bond motifs is 1. The monoisotopic (exact) mass is 227 g/mol. The molecule has 1 atom stereocenters. The van der Waals surface area contributed by atoms with Crippen LogP contribution in [0.3, 0.4) is 0 Å². The third kappa shape index (κ3) is 1.70. The number of hydrogen-bond donors (Lipinski definition) is 0. The van der Waals surface area contributed by atoms with Crippen molar-refractivity contribution in [3.8, 4) is 0 Å². The SMILES string of the molecule is CC1(C)SC(C)(C)N2C(=O)C=CCOC21. The maximum atomic E-state index is 11.9. The molecule has 15 heavy (non-hydrogen) atoms. The van der Waals surface area contributed by atoms with Gasteiger partial charge in [-0.3, -0.25) is 9.69 Å². The quantitative estimate of drug-likeness (QED) is 0.634. The zero-order chi connectivity index (χ0) is 11.3. The van der Waals surface area contributed by atoms with Crippen LogP contribution in [-0.4, -0.2) is 33.3 Å². The van der Waals surface area contributed by atoms with Gasteiger partial charge in [0.05, 0.1) is 16.2 Å². The minimum atomic E-state index is -0.195. The lowest BCUT2D eigenvalue weighted by Crippen LogP contribution is -2.49. The fraction of sp³-hybridized carbons (Fsp3) is 0.727. The number of amides is 1. The summed E-state index contributed by atoms with van der Waals surface area (Å²) in [5.41, 5.74) is 0. The van der Waals surface area contributed by atoms with E-state index in [-0.39, 0.29) is 21.8 Å². The van der Waals surface area contributed by atoms with E-state index in [1.54, 1.807) is 23.9 Å². The lowest BCUT2D eigenvalue weighted by Gasteiger charge is -2.33. The van der Waals surface area contributed by atoms with E-state index >= 15 is 0 Å². The molecule has 4 heteroatoms. The van der Waals surface area contributed by atoms with Gasteiger partial charge in [0.2, 0.25) is 5.91 Å². The molecule has 1 saturated heterocycles. The molecule has 0 aliphatic carbocycles. The molecule has 1 amide bonds. The number of hydrogen-bond acceptors (Lipinski definition) is 3. The fourth-order valence-electron chi connectivity index (χ4n) is 2.37. The summed E-state index contributed by atoms with van der Waals surface area (Å²) in [7, 11) is 0. The second-order valence-corrected chi connectivity index (χ2v) is 7.20. The third-order valence-corrected chi connectivity index (χ3v) is 4.19. The van der Waals surface area contributed by atoms with Crippen LogP contribution in [0.2, 0.25) is 0 Å². The van der Waals surface area contributed by atoms with Crippen LogP contribution in [0.15, 0.2) is 12.2 Å². The summed E-state index contributed by atoms with van der Waals surface area (Å²) in [6, 6.07) is 0. The van der Waals surface area contributed by atoms with Crippen molar-refractivity contribution in [1.82, 2.24) is 4.90 Å². The number of ether oxygens (including phenoxy) is 1. The molecule has 1 fully saturated rings. The summed E-state index contributed by atoms with van der Waals surface area (Å²) in [6.07, 6.45) is 3.28. The van der Waals surface area contributed by atoms with Gasteiger partial charge in [-0.2, -0.15) is 0 Å². The lowest BCUT2D eigenvalue weighted by molar-refractivity contribution is -0.143. The Morgan fingerprint density at radius 3 is 2.80 bits per heavy atom. The van der Waals surface area contributed by atoms with Crippen molar-refractivity contribution in [1.29, 1.82) is 0 Å². The molecule has 2 aliphatic heterocycles. The highest BCUT2D eigenvalue weighted by molar-refractivity contribution is 8.02. The predicted octanol–water partition coefficient (Wildman–Crippen LogP) is 1.99. The second-order valence-electron chi connectivity index (χ2n) is 4.95. The highest BCUT2D eigenvalue weighted by Gasteiger charge is 2.54. The molecule has 0 aromatic carbocycles. The van der Waals surface area contributed by atoms with Crippen molar-refractivity contribution in [2.45, 2.75) is 43.5 Å². The first-order valence-electron chi connectivity index (χ1n) is 5.16. The first-order valence-corrected chi connectivity index (χ1v) is 5.98. The normalized spacial score (nSPS) is 32.7. The average molecular weight is 227 g/mol. The maximum Gasteiger partial charge on any atom is 0.249 e. The topological polar surface area (TPSA) is 29.5 Å². The van der Waals surface area contributed by atoms with Gasteiger partial charge in [0, 0.05) is 6.08 Å². The number of rotatable bonds is 0. The molecule has 0 saturated carbocycles. The number of thioether (sulfide) groups is 1. The van der Waals surface area contributed by atoms with Crippen molar-refractivity contribution in [2.24, 2.45) is 0 Å². The Labute approximate surface area is 94.8 Å². The van der Waals surface area contributed by atoms with Crippen molar-refractivity contribution in [3.05, 3.63) is 12.2 Å². The molecule has 0 N–H and O–H groups in total. The summed E-state index contributed by atoms with van der Waals surface area (Å²) in [4.78, 5) is 13.6. The number of nitrogens with zero attached hydrogens (tertiary/aromatic N) is 1. The number of carbonyl (C=O) groups is 1. The van der Waals surface area contributed by atoms with Crippen LogP contribution < -0.4 is 0 Å². The second kappa shape index (κ2) is 3.25. The summed E-state index contributed by atoms with van der Waals surface area (Å²) >= 11 is 1.79. The molecule has 84 valence electrons. The van der Waals surface area contributed by atoms with Gasteiger partial charge < -0.3 is 4.74 Å². The van der Waals surface area contributed by atoms with Crippen LogP contribution in [0, 0.1) is 0 Å². The molecular weight excluding hydrogens is 210 g/mol. The van der Waals surface area contributed by atoms with Gasteiger partial charge in [-0.05, 0) is 27.7 Å². The van der Waals surface area contributed by atoms with E-state index in [1.807, 2.05) is 4.90 Å². The zero-order valence-corrected chi connectivity index (χ0v) is 10.4. The van der Waals surface area contributed by atoms with Gasteiger partial charge in [0.15, 0.2) is 0 Å². The van der Waals surface area contributed by atoms with E-state index in [1.165, 1.54) is 0 Å². The summed E-state index contributed by atoms with van der Waals surface area (Å²) < 4.78 is 5.70. The van der Waals surface area contributed by atoms with E-state index in [0.29, 0.717) is 6.61 Å². The smallest absolute Gasteiger partial charge is 0.249 e. The van der Waals surface area contributed by atoms with Crippen molar-refractivity contribution in [3.63, 3.8) is 0 Å². The van der Waals surface area contributed by atoms with E-state index < -0.39 is 0 Å². The largest absolute Gasteiger partial charge is 0.353 e. The Morgan fingerprint density at radius 1 is 1.47 bits per heavy atom. The lowest BCUT2D eigenvalue weighted by atomic mass is 10.1. The van der Waals surface area contributed by atoms with Gasteiger partial charge in [-0.1, -0.05) is 6.08 Å². The first-order chi connectivity index (χ1) is 6.84. The molecule has 0 aromatic rings. The van der Waals surface area contributed by atoms with E-state index in [9.17, 15) is 4.79 Å². The highest BCUT2D eigenvalue weighted by Crippen LogP contribution is 2.51. The van der Waals surface area contributed by atoms with Crippen molar-refractivity contribution in [2.75, 3.05) is 6.61 Å². The Balaban J connectivity index is 2.40. The molecule has 2 heterocycles. The van der Waals surface area contributed by atoms with Crippen molar-refractivity contribution < 1.29 is 9.53 Å². The molecule has 3 nitrogen and oxygen atoms in total. The van der Waals surface area contributed by atoms with E-state index in [2.05, 4.69) is 27.7 Å². The predicted molar refractivity (Wildman–Crippen MR) is 61.5 cm³/mol. The molecule has 0 bridgehead atoms. The number of carbonyl (C=O) groups excluding carboxylic acids is 1. The Bertz CT molecular complexity index is 323. The minimum Gasteiger partial charge on any atom is -0.353 e. The van der Waals surface area contributed by atoms with Gasteiger partial charge in [0.25, 0.3) is 0 Å². The van der Waals surface area contributed by atoms with Gasteiger partial charge >= 0.3 is 0 Å². The first kappa shape index (κ1) is 11.0. The Hall–Kier alpha value is -0.480.